The van der Waals surface area contributed by atoms with Crippen LogP contribution in [0.4, 0.5) is 0 Å². The zero-order chi connectivity index (χ0) is 12.8. The van der Waals surface area contributed by atoms with Crippen LogP contribution in [0.25, 0.3) is 0 Å². The van der Waals surface area contributed by atoms with Crippen molar-refractivity contribution in [2.24, 2.45) is 0 Å². The van der Waals surface area contributed by atoms with Gasteiger partial charge in [-0.2, -0.15) is 0 Å². The average Bonchev–Trinajstić information content (AvgIpc) is 2.90. The van der Waals surface area contributed by atoms with E-state index in [-0.39, 0.29) is 0 Å². The van der Waals surface area contributed by atoms with Gasteiger partial charge in [-0.15, -0.1) is 0 Å². The van der Waals surface area contributed by atoms with Gasteiger partial charge in [0.15, 0.2) is 0 Å². The van der Waals surface area contributed by atoms with Crippen molar-refractivity contribution in [1.82, 2.24) is 5.32 Å². The fourth-order valence-corrected chi connectivity index (χ4v) is 1.99. The number of rotatable bonds is 6. The predicted octanol–water partition coefficient (Wildman–Crippen LogP) is 3.18. The normalized spacial score (nSPS) is 12.3. The fraction of sp³-hybridized carbons (Fsp3) is 0.333. The zero-order valence-electron chi connectivity index (χ0n) is 10.8. The standard InChI is InChI=1S/C15H19NO2/c1-3-18-14-6-4-13(5-7-14)15(16-2)10-12-8-9-17-11-12/h4-9,11,15-16H,3,10H2,1-2H3. The summed E-state index contributed by atoms with van der Waals surface area (Å²) in [5.41, 5.74) is 2.45. The Kier molecular flexibility index (Phi) is 4.42. The van der Waals surface area contributed by atoms with Gasteiger partial charge in [-0.3, -0.25) is 0 Å². The molecule has 96 valence electrons. The van der Waals surface area contributed by atoms with Crippen LogP contribution in [0, 0.1) is 0 Å². The molecule has 1 atom stereocenters. The quantitative estimate of drug-likeness (QED) is 0.848. The minimum absolute atomic E-state index is 0.290. The first-order valence-corrected chi connectivity index (χ1v) is 6.24. The van der Waals surface area contributed by atoms with Crippen molar-refractivity contribution in [2.75, 3.05) is 13.7 Å². The lowest BCUT2D eigenvalue weighted by molar-refractivity contribution is 0.340. The molecular weight excluding hydrogens is 226 g/mol. The van der Waals surface area contributed by atoms with E-state index in [9.17, 15) is 0 Å². The molecule has 1 unspecified atom stereocenters. The molecule has 2 aromatic rings. The van der Waals surface area contributed by atoms with Gasteiger partial charge < -0.3 is 14.5 Å². The van der Waals surface area contributed by atoms with Crippen molar-refractivity contribution in [3.63, 3.8) is 0 Å². The van der Waals surface area contributed by atoms with E-state index < -0.39 is 0 Å². The number of hydrogen-bond donors (Lipinski definition) is 1. The molecule has 2 rings (SSSR count). The molecule has 1 heterocycles. The molecule has 0 amide bonds. The van der Waals surface area contributed by atoms with Gasteiger partial charge in [0.25, 0.3) is 0 Å². The third-order valence-electron chi connectivity index (χ3n) is 2.96. The van der Waals surface area contributed by atoms with Crippen LogP contribution in [-0.2, 0) is 6.42 Å². The monoisotopic (exact) mass is 245 g/mol. The second-order valence-corrected chi connectivity index (χ2v) is 4.18. The molecule has 0 bridgehead atoms. The van der Waals surface area contributed by atoms with E-state index >= 15 is 0 Å². The Balaban J connectivity index is 2.07. The Morgan fingerprint density at radius 1 is 1.22 bits per heavy atom. The Morgan fingerprint density at radius 3 is 2.56 bits per heavy atom. The summed E-state index contributed by atoms with van der Waals surface area (Å²) in [5.74, 6) is 0.916. The van der Waals surface area contributed by atoms with E-state index in [0.717, 1.165) is 12.2 Å². The lowest BCUT2D eigenvalue weighted by atomic mass is 10.0. The van der Waals surface area contributed by atoms with Crippen LogP contribution in [0.15, 0.2) is 47.3 Å². The van der Waals surface area contributed by atoms with E-state index in [2.05, 4.69) is 17.4 Å². The molecule has 0 saturated heterocycles. The maximum atomic E-state index is 5.44. The van der Waals surface area contributed by atoms with Crippen molar-refractivity contribution >= 4 is 0 Å². The molecule has 0 fully saturated rings. The third-order valence-corrected chi connectivity index (χ3v) is 2.96. The number of nitrogens with one attached hydrogen (secondary N) is 1. The Bertz CT molecular complexity index is 448. The van der Waals surface area contributed by atoms with E-state index in [0.29, 0.717) is 12.6 Å². The molecule has 1 aromatic carbocycles. The second kappa shape index (κ2) is 6.26. The summed E-state index contributed by atoms with van der Waals surface area (Å²) in [7, 11) is 1.97. The maximum Gasteiger partial charge on any atom is 0.119 e. The summed E-state index contributed by atoms with van der Waals surface area (Å²) in [5, 5.41) is 3.33. The van der Waals surface area contributed by atoms with Gasteiger partial charge in [0.2, 0.25) is 0 Å². The minimum atomic E-state index is 0.290. The second-order valence-electron chi connectivity index (χ2n) is 4.18. The SMILES string of the molecule is CCOc1ccc(C(Cc2ccoc2)NC)cc1. The molecule has 0 aliphatic carbocycles. The summed E-state index contributed by atoms with van der Waals surface area (Å²) < 4.78 is 10.5. The Hall–Kier alpha value is -1.74. The lowest BCUT2D eigenvalue weighted by Gasteiger charge is -2.16. The Labute approximate surface area is 108 Å². The molecule has 18 heavy (non-hydrogen) atoms. The van der Waals surface area contributed by atoms with E-state index in [1.165, 1.54) is 11.1 Å². The summed E-state index contributed by atoms with van der Waals surface area (Å²) >= 11 is 0. The third kappa shape index (κ3) is 3.14. The maximum absolute atomic E-state index is 5.44. The number of likely N-dealkylation sites (N-methyl/N-ethyl adjacent to an activating group) is 1. The molecule has 3 nitrogen and oxygen atoms in total. The highest BCUT2D eigenvalue weighted by Crippen LogP contribution is 2.21. The van der Waals surface area contributed by atoms with Crippen molar-refractivity contribution in [3.05, 3.63) is 54.0 Å². The van der Waals surface area contributed by atoms with E-state index in [1.54, 1.807) is 12.5 Å². The largest absolute Gasteiger partial charge is 0.494 e. The highest BCUT2D eigenvalue weighted by Gasteiger charge is 2.10. The van der Waals surface area contributed by atoms with Crippen molar-refractivity contribution < 1.29 is 9.15 Å². The van der Waals surface area contributed by atoms with Gasteiger partial charge in [-0.05, 0) is 49.7 Å². The Morgan fingerprint density at radius 2 is 2.00 bits per heavy atom. The average molecular weight is 245 g/mol. The molecule has 0 spiro atoms. The summed E-state index contributed by atoms with van der Waals surface area (Å²) in [6, 6.07) is 10.5. The van der Waals surface area contributed by atoms with Gasteiger partial charge in [-0.25, -0.2) is 0 Å². The molecule has 0 aliphatic heterocycles. The van der Waals surface area contributed by atoms with Gasteiger partial charge in [-0.1, -0.05) is 12.1 Å². The summed E-state index contributed by atoms with van der Waals surface area (Å²) in [6.07, 6.45) is 4.42. The van der Waals surface area contributed by atoms with E-state index in [1.807, 2.05) is 32.2 Å². The topological polar surface area (TPSA) is 34.4 Å². The lowest BCUT2D eigenvalue weighted by Crippen LogP contribution is -2.18. The predicted molar refractivity (Wildman–Crippen MR) is 71.8 cm³/mol. The van der Waals surface area contributed by atoms with Crippen molar-refractivity contribution in [1.29, 1.82) is 0 Å². The highest BCUT2D eigenvalue weighted by molar-refractivity contribution is 5.30. The number of furan rings is 1. The number of benzene rings is 1. The van der Waals surface area contributed by atoms with Crippen molar-refractivity contribution in [3.8, 4) is 5.75 Å². The van der Waals surface area contributed by atoms with Crippen LogP contribution in [0.2, 0.25) is 0 Å². The van der Waals surface area contributed by atoms with Gasteiger partial charge >= 0.3 is 0 Å². The van der Waals surface area contributed by atoms with Crippen LogP contribution >= 0.6 is 0 Å². The van der Waals surface area contributed by atoms with Crippen LogP contribution in [-0.4, -0.2) is 13.7 Å². The molecule has 0 radical (unpaired) electrons. The zero-order valence-corrected chi connectivity index (χ0v) is 10.8. The smallest absolute Gasteiger partial charge is 0.119 e. The van der Waals surface area contributed by atoms with Gasteiger partial charge in [0, 0.05) is 6.04 Å². The first-order valence-electron chi connectivity index (χ1n) is 6.24. The fourth-order valence-electron chi connectivity index (χ4n) is 1.99. The molecule has 3 heteroatoms. The molecule has 0 saturated carbocycles. The summed E-state index contributed by atoms with van der Waals surface area (Å²) in [6.45, 7) is 2.69. The summed E-state index contributed by atoms with van der Waals surface area (Å²) in [4.78, 5) is 0. The number of ether oxygens (including phenoxy) is 1. The first kappa shape index (κ1) is 12.7. The van der Waals surface area contributed by atoms with Crippen molar-refractivity contribution in [2.45, 2.75) is 19.4 Å². The first-order chi connectivity index (χ1) is 8.83. The molecule has 1 aromatic heterocycles. The molecule has 0 aliphatic rings. The van der Waals surface area contributed by atoms with Gasteiger partial charge in [0.05, 0.1) is 19.1 Å². The van der Waals surface area contributed by atoms with Crippen LogP contribution < -0.4 is 10.1 Å². The van der Waals surface area contributed by atoms with Crippen LogP contribution in [0.3, 0.4) is 0 Å². The van der Waals surface area contributed by atoms with Crippen LogP contribution in [0.1, 0.15) is 24.1 Å². The van der Waals surface area contributed by atoms with Crippen LogP contribution in [0.5, 0.6) is 5.75 Å². The minimum Gasteiger partial charge on any atom is -0.494 e. The molecular formula is C15H19NO2. The molecule has 1 N–H and O–H groups in total. The van der Waals surface area contributed by atoms with E-state index in [4.69, 9.17) is 9.15 Å². The highest BCUT2D eigenvalue weighted by atomic mass is 16.5. The number of hydrogen-bond acceptors (Lipinski definition) is 3. The van der Waals surface area contributed by atoms with Gasteiger partial charge in [0.1, 0.15) is 5.75 Å².